The van der Waals surface area contributed by atoms with Crippen LogP contribution < -0.4 is 15.4 Å². The Labute approximate surface area is 295 Å². The standard InChI is InChI=1S/C32H56ClN5O10S/c1-5-47-29(41)26(36-49(45,46)20-6-15-33)21-34-27(39)22-35-28(40)25(9-7-23-11-16-37(17-12-23)30(42)43)10-8-24-13-18-38(19-14-24)31(44)48-32(2,3)4/h23-26,36H,5-22H2,1-4H3,(H,34,39)(H,35,40)(H,42,43)/t25?,26-/m0/s1. The average Bonchev–Trinajstić information content (AvgIpc) is 3.04. The molecule has 2 atom stereocenters. The number of carboxylic acid groups (broad SMARTS) is 1. The Hall–Kier alpha value is -2.85. The third-order valence-corrected chi connectivity index (χ3v) is 10.5. The molecule has 0 aromatic carbocycles. The monoisotopic (exact) mass is 737 g/mol. The fraction of sp³-hybridized carbons (Fsp3) is 0.844. The lowest BCUT2D eigenvalue weighted by atomic mass is 9.84. The molecule has 2 aliphatic heterocycles. The van der Waals surface area contributed by atoms with Crippen molar-refractivity contribution in [1.29, 1.82) is 0 Å². The quantitative estimate of drug-likeness (QED) is 0.120. The van der Waals surface area contributed by atoms with Crippen molar-refractivity contribution in [3.05, 3.63) is 0 Å². The molecule has 0 spiro atoms. The van der Waals surface area contributed by atoms with E-state index in [-0.39, 0.29) is 55.7 Å². The lowest BCUT2D eigenvalue weighted by molar-refractivity contribution is -0.145. The predicted molar refractivity (Wildman–Crippen MR) is 184 cm³/mol. The Morgan fingerprint density at radius 2 is 1.47 bits per heavy atom. The van der Waals surface area contributed by atoms with Gasteiger partial charge in [0.05, 0.1) is 18.9 Å². The lowest BCUT2D eigenvalue weighted by Gasteiger charge is -2.34. The second kappa shape index (κ2) is 20.7. The number of esters is 1. The largest absolute Gasteiger partial charge is 0.465 e. The Morgan fingerprint density at radius 1 is 0.918 bits per heavy atom. The van der Waals surface area contributed by atoms with E-state index in [9.17, 15) is 37.5 Å². The zero-order valence-corrected chi connectivity index (χ0v) is 30.9. The van der Waals surface area contributed by atoms with Gasteiger partial charge in [0.25, 0.3) is 0 Å². The number of rotatable bonds is 18. The Balaban J connectivity index is 1.95. The lowest BCUT2D eigenvalue weighted by Crippen LogP contribution is -2.51. The van der Waals surface area contributed by atoms with Crippen LogP contribution in [0.3, 0.4) is 0 Å². The van der Waals surface area contributed by atoms with Gasteiger partial charge in [0.1, 0.15) is 11.6 Å². The van der Waals surface area contributed by atoms with Gasteiger partial charge in [-0.05, 0) is 97.3 Å². The van der Waals surface area contributed by atoms with Gasteiger partial charge in [0.15, 0.2) is 0 Å². The topological polar surface area (TPSA) is 201 Å². The van der Waals surface area contributed by atoms with Crippen LogP contribution in [0.15, 0.2) is 0 Å². The van der Waals surface area contributed by atoms with Gasteiger partial charge in [-0.1, -0.05) is 0 Å². The van der Waals surface area contributed by atoms with Gasteiger partial charge in [-0.25, -0.2) is 18.0 Å². The van der Waals surface area contributed by atoms with Gasteiger partial charge in [-0.2, -0.15) is 4.72 Å². The minimum Gasteiger partial charge on any atom is -0.465 e. The number of carbonyl (C=O) groups is 5. The molecule has 2 aliphatic rings. The van der Waals surface area contributed by atoms with Crippen LogP contribution in [-0.2, 0) is 33.9 Å². The van der Waals surface area contributed by atoms with E-state index in [0.717, 1.165) is 38.5 Å². The second-order valence-electron chi connectivity index (χ2n) is 13.8. The van der Waals surface area contributed by atoms with Crippen molar-refractivity contribution in [2.75, 3.05) is 57.5 Å². The predicted octanol–water partition coefficient (Wildman–Crippen LogP) is 2.91. The summed E-state index contributed by atoms with van der Waals surface area (Å²) in [5.41, 5.74) is -0.569. The third kappa shape index (κ3) is 16.6. The molecule has 4 N–H and O–H groups in total. The van der Waals surface area contributed by atoms with E-state index in [1.165, 1.54) is 4.90 Å². The van der Waals surface area contributed by atoms with Crippen molar-refractivity contribution in [2.24, 2.45) is 17.8 Å². The van der Waals surface area contributed by atoms with Crippen LogP contribution in [0.25, 0.3) is 0 Å². The van der Waals surface area contributed by atoms with E-state index >= 15 is 0 Å². The molecular weight excluding hydrogens is 682 g/mol. The first-order valence-electron chi connectivity index (χ1n) is 17.3. The summed E-state index contributed by atoms with van der Waals surface area (Å²) in [4.78, 5) is 65.4. The molecule has 0 radical (unpaired) electrons. The number of halogens is 1. The van der Waals surface area contributed by atoms with Crippen molar-refractivity contribution in [3.63, 3.8) is 0 Å². The number of nitrogens with zero attached hydrogens (tertiary/aromatic N) is 2. The van der Waals surface area contributed by atoms with Crippen LogP contribution in [0.5, 0.6) is 0 Å². The van der Waals surface area contributed by atoms with Crippen LogP contribution >= 0.6 is 11.6 Å². The summed E-state index contributed by atoms with van der Waals surface area (Å²) in [7, 11) is -3.86. The highest BCUT2D eigenvalue weighted by Gasteiger charge is 2.30. The molecule has 1 unspecified atom stereocenters. The molecule has 2 rings (SSSR count). The number of sulfonamides is 1. The number of piperidine rings is 2. The summed E-state index contributed by atoms with van der Waals surface area (Å²) in [6.07, 6.45) is 4.66. The number of hydrogen-bond donors (Lipinski definition) is 4. The van der Waals surface area contributed by atoms with E-state index < -0.39 is 39.6 Å². The maximum Gasteiger partial charge on any atom is 0.410 e. The van der Waals surface area contributed by atoms with Crippen molar-refractivity contribution < 1.29 is 47.0 Å². The number of ether oxygens (including phenoxy) is 2. The summed E-state index contributed by atoms with van der Waals surface area (Å²) in [6, 6.07) is -1.35. The Kier molecular flexibility index (Phi) is 17.9. The molecule has 17 heteroatoms. The maximum absolute atomic E-state index is 13.4. The molecule has 0 bridgehead atoms. The first-order chi connectivity index (χ1) is 23.0. The van der Waals surface area contributed by atoms with Crippen molar-refractivity contribution in [3.8, 4) is 0 Å². The van der Waals surface area contributed by atoms with E-state index in [1.807, 2.05) is 20.8 Å². The van der Waals surface area contributed by atoms with Crippen LogP contribution in [0.2, 0.25) is 0 Å². The molecular formula is C32H56ClN5O10S. The van der Waals surface area contributed by atoms with Crippen LogP contribution in [0.1, 0.15) is 85.5 Å². The second-order valence-corrected chi connectivity index (χ2v) is 16.0. The fourth-order valence-corrected chi connectivity index (χ4v) is 7.50. The van der Waals surface area contributed by atoms with Gasteiger partial charge < -0.3 is 35.0 Å². The van der Waals surface area contributed by atoms with E-state index in [1.54, 1.807) is 11.8 Å². The Bertz CT molecular complexity index is 1200. The fourth-order valence-electron chi connectivity index (χ4n) is 5.95. The normalized spacial score (nSPS) is 17.6. The van der Waals surface area contributed by atoms with Crippen molar-refractivity contribution in [1.82, 2.24) is 25.2 Å². The minimum atomic E-state index is -3.86. The molecule has 282 valence electrons. The molecule has 2 fully saturated rings. The number of likely N-dealkylation sites (tertiary alicyclic amines) is 2. The summed E-state index contributed by atoms with van der Waals surface area (Å²) in [5, 5.41) is 14.5. The number of amides is 4. The molecule has 15 nitrogen and oxygen atoms in total. The molecule has 0 aromatic rings. The summed E-state index contributed by atoms with van der Waals surface area (Å²) in [5.74, 6) is -1.66. The average molecular weight is 738 g/mol. The van der Waals surface area contributed by atoms with E-state index in [0.29, 0.717) is 50.9 Å². The van der Waals surface area contributed by atoms with Gasteiger partial charge in [0, 0.05) is 44.5 Å². The summed E-state index contributed by atoms with van der Waals surface area (Å²) < 4.78 is 37.4. The summed E-state index contributed by atoms with van der Waals surface area (Å²) >= 11 is 5.59. The van der Waals surface area contributed by atoms with Crippen molar-refractivity contribution >= 4 is 51.6 Å². The van der Waals surface area contributed by atoms with Gasteiger partial charge in [-0.15, -0.1) is 11.6 Å². The van der Waals surface area contributed by atoms with Crippen molar-refractivity contribution in [2.45, 2.75) is 97.1 Å². The zero-order valence-electron chi connectivity index (χ0n) is 29.3. The van der Waals surface area contributed by atoms with Gasteiger partial charge >= 0.3 is 18.2 Å². The highest BCUT2D eigenvalue weighted by atomic mass is 35.5. The SMILES string of the molecule is CCOC(=O)[C@H](CNC(=O)CNC(=O)C(CCC1CCN(C(=O)O)CC1)CCC1CCN(C(=O)OC(C)(C)C)CC1)NS(=O)(=O)CCCCl. The number of hydrogen-bond acceptors (Lipinski definition) is 9. The molecule has 49 heavy (non-hydrogen) atoms. The molecule has 0 aromatic heterocycles. The first-order valence-corrected chi connectivity index (χ1v) is 19.4. The number of alkyl halides is 1. The molecule has 0 aliphatic carbocycles. The first kappa shape index (κ1) is 42.3. The smallest absolute Gasteiger partial charge is 0.410 e. The van der Waals surface area contributed by atoms with Crippen LogP contribution in [-0.4, -0.2) is 122 Å². The molecule has 2 saturated heterocycles. The summed E-state index contributed by atoms with van der Waals surface area (Å²) in [6.45, 7) is 8.44. The van der Waals surface area contributed by atoms with Crippen LogP contribution in [0, 0.1) is 17.8 Å². The van der Waals surface area contributed by atoms with Crippen LogP contribution in [0.4, 0.5) is 9.59 Å². The maximum atomic E-state index is 13.4. The minimum absolute atomic E-state index is 0.0195. The Morgan fingerprint density at radius 3 is 1.96 bits per heavy atom. The van der Waals surface area contributed by atoms with E-state index in [4.69, 9.17) is 21.1 Å². The highest BCUT2D eigenvalue weighted by Crippen LogP contribution is 2.29. The molecule has 0 saturated carbocycles. The molecule has 2 heterocycles. The van der Waals surface area contributed by atoms with E-state index in [2.05, 4.69) is 15.4 Å². The number of carbonyl (C=O) groups excluding carboxylic acids is 4. The zero-order chi connectivity index (χ0) is 36.6. The number of nitrogens with one attached hydrogen (secondary N) is 3. The third-order valence-electron chi connectivity index (χ3n) is 8.73. The van der Waals surface area contributed by atoms with Gasteiger partial charge in [0.2, 0.25) is 21.8 Å². The van der Waals surface area contributed by atoms with Gasteiger partial charge in [-0.3, -0.25) is 14.4 Å². The highest BCUT2D eigenvalue weighted by molar-refractivity contribution is 7.89. The molecule has 4 amide bonds.